The fraction of sp³-hybridized carbons (Fsp3) is 0.250. The molecule has 94 valence electrons. The van der Waals surface area contributed by atoms with Gasteiger partial charge in [-0.1, -0.05) is 0 Å². The summed E-state index contributed by atoms with van der Waals surface area (Å²) in [7, 11) is 0. The topological polar surface area (TPSA) is 86.9 Å². The van der Waals surface area contributed by atoms with Crippen LogP contribution in [0.2, 0.25) is 0 Å². The minimum Gasteiger partial charge on any atom is -0.355 e. The summed E-state index contributed by atoms with van der Waals surface area (Å²) in [5.41, 5.74) is 1.47. The number of carbonyl (C=O) groups excluding carboxylic acids is 2. The maximum atomic E-state index is 11.8. The van der Waals surface area contributed by atoms with Crippen molar-refractivity contribution in [2.24, 2.45) is 0 Å². The van der Waals surface area contributed by atoms with E-state index in [2.05, 4.69) is 20.8 Å². The van der Waals surface area contributed by atoms with Crippen LogP contribution >= 0.6 is 0 Å². The first kappa shape index (κ1) is 12.1. The summed E-state index contributed by atoms with van der Waals surface area (Å²) in [6.07, 6.45) is 1.67. The Labute approximate surface area is 104 Å². The fourth-order valence-electron chi connectivity index (χ4n) is 1.60. The lowest BCUT2D eigenvalue weighted by atomic mass is 10.1. The Hall–Kier alpha value is -2.37. The van der Waals surface area contributed by atoms with Crippen molar-refractivity contribution in [2.75, 3.05) is 13.1 Å². The predicted octanol–water partition coefficient (Wildman–Crippen LogP) is 0.429. The van der Waals surface area contributed by atoms with Crippen LogP contribution in [0.15, 0.2) is 24.4 Å². The second-order valence-electron chi connectivity index (χ2n) is 3.91. The third-order valence-corrected chi connectivity index (χ3v) is 2.49. The maximum Gasteiger partial charge on any atom is 0.251 e. The Kier molecular flexibility index (Phi) is 3.57. The maximum absolute atomic E-state index is 11.8. The van der Waals surface area contributed by atoms with Gasteiger partial charge in [-0.3, -0.25) is 14.7 Å². The molecule has 2 aromatic rings. The quantitative estimate of drug-likeness (QED) is 0.684. The molecule has 0 aliphatic heterocycles. The SMILES string of the molecule is CC(=O)NCCNC(=O)c1ccc2[nH]ncc2c1. The molecule has 0 spiro atoms. The van der Waals surface area contributed by atoms with Crippen LogP contribution in [0.1, 0.15) is 17.3 Å². The number of fused-ring (bicyclic) bond motifs is 1. The lowest BCUT2D eigenvalue weighted by Gasteiger charge is -2.05. The molecule has 0 saturated heterocycles. The number of aromatic nitrogens is 2. The van der Waals surface area contributed by atoms with Gasteiger partial charge in [0.25, 0.3) is 5.91 Å². The van der Waals surface area contributed by atoms with Crippen LogP contribution in [0.3, 0.4) is 0 Å². The summed E-state index contributed by atoms with van der Waals surface area (Å²) in [6.45, 7) is 2.27. The van der Waals surface area contributed by atoms with Crippen molar-refractivity contribution in [3.05, 3.63) is 30.0 Å². The molecule has 6 nitrogen and oxygen atoms in total. The summed E-state index contributed by atoms with van der Waals surface area (Å²) >= 11 is 0. The number of aromatic amines is 1. The van der Waals surface area contributed by atoms with Gasteiger partial charge in [-0.25, -0.2) is 0 Å². The van der Waals surface area contributed by atoms with E-state index >= 15 is 0 Å². The molecule has 0 fully saturated rings. The van der Waals surface area contributed by atoms with E-state index in [4.69, 9.17) is 0 Å². The number of benzene rings is 1. The van der Waals surface area contributed by atoms with Gasteiger partial charge < -0.3 is 10.6 Å². The van der Waals surface area contributed by atoms with E-state index in [1.165, 1.54) is 6.92 Å². The molecule has 1 aromatic heterocycles. The lowest BCUT2D eigenvalue weighted by Crippen LogP contribution is -2.33. The van der Waals surface area contributed by atoms with Crippen LogP contribution in [0.4, 0.5) is 0 Å². The van der Waals surface area contributed by atoms with Gasteiger partial charge in [0.05, 0.1) is 11.7 Å². The Morgan fingerprint density at radius 3 is 2.83 bits per heavy atom. The first-order chi connectivity index (χ1) is 8.66. The van der Waals surface area contributed by atoms with Crippen molar-refractivity contribution < 1.29 is 9.59 Å². The summed E-state index contributed by atoms with van der Waals surface area (Å²) in [4.78, 5) is 22.4. The monoisotopic (exact) mass is 246 g/mol. The number of nitrogens with zero attached hydrogens (tertiary/aromatic N) is 1. The highest BCUT2D eigenvalue weighted by Crippen LogP contribution is 2.12. The van der Waals surface area contributed by atoms with Crippen LogP contribution in [-0.4, -0.2) is 35.1 Å². The highest BCUT2D eigenvalue weighted by atomic mass is 16.2. The van der Waals surface area contributed by atoms with Crippen LogP contribution in [0.5, 0.6) is 0 Å². The molecule has 0 saturated carbocycles. The van der Waals surface area contributed by atoms with Crippen molar-refractivity contribution in [1.82, 2.24) is 20.8 Å². The third-order valence-electron chi connectivity index (χ3n) is 2.49. The summed E-state index contributed by atoms with van der Waals surface area (Å²) in [6, 6.07) is 5.31. The lowest BCUT2D eigenvalue weighted by molar-refractivity contribution is -0.118. The number of hydrogen-bond acceptors (Lipinski definition) is 3. The number of carbonyl (C=O) groups is 2. The molecule has 18 heavy (non-hydrogen) atoms. The van der Waals surface area contributed by atoms with Gasteiger partial charge in [-0.15, -0.1) is 0 Å². The van der Waals surface area contributed by atoms with E-state index in [1.807, 2.05) is 6.07 Å². The number of rotatable bonds is 4. The molecule has 0 unspecified atom stereocenters. The van der Waals surface area contributed by atoms with E-state index in [-0.39, 0.29) is 11.8 Å². The average Bonchev–Trinajstić information content (AvgIpc) is 2.81. The highest BCUT2D eigenvalue weighted by molar-refractivity contribution is 5.97. The molecular formula is C12H14N4O2. The Balaban J connectivity index is 1.93. The van der Waals surface area contributed by atoms with Crippen molar-refractivity contribution >= 4 is 22.7 Å². The van der Waals surface area contributed by atoms with E-state index in [0.29, 0.717) is 18.7 Å². The van der Waals surface area contributed by atoms with Gasteiger partial charge in [0.15, 0.2) is 0 Å². The van der Waals surface area contributed by atoms with Crippen molar-refractivity contribution in [3.8, 4) is 0 Å². The van der Waals surface area contributed by atoms with Crippen LogP contribution < -0.4 is 10.6 Å². The number of amides is 2. The van der Waals surface area contributed by atoms with Crippen LogP contribution in [0, 0.1) is 0 Å². The highest BCUT2D eigenvalue weighted by Gasteiger charge is 2.06. The number of hydrogen-bond donors (Lipinski definition) is 3. The molecule has 0 aliphatic carbocycles. The molecule has 3 N–H and O–H groups in total. The van der Waals surface area contributed by atoms with Gasteiger partial charge in [-0.05, 0) is 18.2 Å². The normalized spacial score (nSPS) is 10.3. The smallest absolute Gasteiger partial charge is 0.251 e. The summed E-state index contributed by atoms with van der Waals surface area (Å²) in [5.74, 6) is -0.271. The predicted molar refractivity (Wildman–Crippen MR) is 67.1 cm³/mol. The van der Waals surface area contributed by atoms with E-state index in [1.54, 1.807) is 18.3 Å². The molecule has 2 amide bonds. The number of H-pyrrole nitrogens is 1. The van der Waals surface area contributed by atoms with Crippen molar-refractivity contribution in [1.29, 1.82) is 0 Å². The average molecular weight is 246 g/mol. The van der Waals surface area contributed by atoms with Gasteiger partial charge in [0.1, 0.15) is 0 Å². The second-order valence-corrected chi connectivity index (χ2v) is 3.91. The molecule has 2 rings (SSSR count). The minimum atomic E-state index is -0.163. The van der Waals surface area contributed by atoms with Gasteiger partial charge in [0, 0.05) is 31.0 Å². The van der Waals surface area contributed by atoms with Crippen LogP contribution in [-0.2, 0) is 4.79 Å². The van der Waals surface area contributed by atoms with Gasteiger partial charge in [0.2, 0.25) is 5.91 Å². The molecule has 0 radical (unpaired) electrons. The van der Waals surface area contributed by atoms with E-state index in [0.717, 1.165) is 10.9 Å². The van der Waals surface area contributed by atoms with Gasteiger partial charge in [-0.2, -0.15) is 5.10 Å². The molecule has 0 bridgehead atoms. The number of nitrogens with one attached hydrogen (secondary N) is 3. The zero-order chi connectivity index (χ0) is 13.0. The Morgan fingerprint density at radius 1 is 1.28 bits per heavy atom. The van der Waals surface area contributed by atoms with Crippen molar-refractivity contribution in [2.45, 2.75) is 6.92 Å². The second kappa shape index (κ2) is 5.31. The zero-order valence-corrected chi connectivity index (χ0v) is 9.99. The first-order valence-electron chi connectivity index (χ1n) is 5.62. The molecule has 1 aromatic carbocycles. The Morgan fingerprint density at radius 2 is 2.06 bits per heavy atom. The first-order valence-corrected chi connectivity index (χ1v) is 5.62. The van der Waals surface area contributed by atoms with E-state index < -0.39 is 0 Å². The summed E-state index contributed by atoms with van der Waals surface area (Å²) < 4.78 is 0. The molecule has 0 aliphatic rings. The largest absolute Gasteiger partial charge is 0.355 e. The van der Waals surface area contributed by atoms with Gasteiger partial charge >= 0.3 is 0 Å². The minimum absolute atomic E-state index is 0.107. The molecule has 0 atom stereocenters. The zero-order valence-electron chi connectivity index (χ0n) is 9.99. The molecule has 6 heteroatoms. The fourth-order valence-corrected chi connectivity index (χ4v) is 1.60. The Bertz CT molecular complexity index is 576. The van der Waals surface area contributed by atoms with E-state index in [9.17, 15) is 9.59 Å². The third kappa shape index (κ3) is 2.85. The standard InChI is InChI=1S/C12H14N4O2/c1-8(17)13-4-5-14-12(18)9-2-3-11-10(6-9)7-15-16-11/h2-3,6-7H,4-5H2,1H3,(H,13,17)(H,14,18)(H,15,16). The van der Waals surface area contributed by atoms with Crippen molar-refractivity contribution in [3.63, 3.8) is 0 Å². The molecule has 1 heterocycles. The molecular weight excluding hydrogens is 232 g/mol. The van der Waals surface area contributed by atoms with Crippen LogP contribution in [0.25, 0.3) is 10.9 Å². The summed E-state index contributed by atoms with van der Waals surface area (Å²) in [5, 5.41) is 12.9.